The zero-order chi connectivity index (χ0) is 26.9. The van der Waals surface area contributed by atoms with E-state index in [0.29, 0.717) is 17.3 Å². The lowest BCUT2D eigenvalue weighted by Crippen LogP contribution is -2.51. The van der Waals surface area contributed by atoms with Gasteiger partial charge < -0.3 is 4.74 Å². The van der Waals surface area contributed by atoms with Crippen LogP contribution in [0.3, 0.4) is 0 Å². The second-order valence-electron chi connectivity index (χ2n) is 15.7. The number of hydrogen-bond donors (Lipinski definition) is 0. The molecule has 5 aliphatic carbocycles. The van der Waals surface area contributed by atoms with Gasteiger partial charge in [-0.15, -0.1) is 0 Å². The molecule has 0 aromatic rings. The van der Waals surface area contributed by atoms with E-state index in [4.69, 9.17) is 4.74 Å². The van der Waals surface area contributed by atoms with E-state index >= 15 is 0 Å². The Balaban J connectivity index is 1.17. The van der Waals surface area contributed by atoms with Gasteiger partial charge in [0.2, 0.25) is 0 Å². The maximum atomic E-state index is 12.7. The molecular weight excluding hydrogens is 464 g/mol. The van der Waals surface area contributed by atoms with E-state index in [1.807, 2.05) is 0 Å². The Kier molecular flexibility index (Phi) is 9.06. The Morgan fingerprint density at radius 1 is 0.947 bits per heavy atom. The summed E-state index contributed by atoms with van der Waals surface area (Å²) in [7, 11) is 0. The maximum absolute atomic E-state index is 12.7. The molecule has 0 N–H and O–H groups in total. The summed E-state index contributed by atoms with van der Waals surface area (Å²) in [5, 5.41) is 0. The van der Waals surface area contributed by atoms with E-state index in [-0.39, 0.29) is 12.1 Å². The highest BCUT2D eigenvalue weighted by Gasteiger charge is 2.59. The summed E-state index contributed by atoms with van der Waals surface area (Å²) in [6, 6.07) is 0. The van der Waals surface area contributed by atoms with Crippen LogP contribution in [-0.2, 0) is 9.53 Å². The van der Waals surface area contributed by atoms with E-state index in [0.717, 1.165) is 60.7 Å². The van der Waals surface area contributed by atoms with Crippen molar-refractivity contribution < 1.29 is 9.53 Å². The number of esters is 1. The van der Waals surface area contributed by atoms with Crippen LogP contribution in [-0.4, -0.2) is 12.1 Å². The lowest BCUT2D eigenvalue weighted by molar-refractivity contribution is -0.152. The standard InChI is InChI=1S/C36H60O2/c1-25(2)10-9-11-26(3)31-17-18-32-30-16-15-28-24-29(38-34(37)19-14-27-12-7-6-8-13-27)20-22-35(28,4)33(30)21-23-36(31,32)5/h15,25-27,29-33H,6-14,16-24H2,1-5H3/t26-,29+,30-,31+,32+,33-,35+,36-/m1/s1. The Morgan fingerprint density at radius 3 is 2.50 bits per heavy atom. The molecule has 0 radical (unpaired) electrons. The van der Waals surface area contributed by atoms with Gasteiger partial charge in [0.15, 0.2) is 0 Å². The second-order valence-corrected chi connectivity index (χ2v) is 15.7. The molecule has 4 fully saturated rings. The van der Waals surface area contributed by atoms with Gasteiger partial charge in [0.25, 0.3) is 0 Å². The molecule has 2 heteroatoms. The first-order valence-electron chi connectivity index (χ1n) is 17.1. The molecule has 0 aromatic carbocycles. The van der Waals surface area contributed by atoms with E-state index < -0.39 is 0 Å². The van der Waals surface area contributed by atoms with Crippen molar-refractivity contribution in [1.29, 1.82) is 0 Å². The highest BCUT2D eigenvalue weighted by Crippen LogP contribution is 2.67. The van der Waals surface area contributed by atoms with E-state index in [9.17, 15) is 4.79 Å². The van der Waals surface area contributed by atoms with Crippen LogP contribution >= 0.6 is 0 Å². The molecule has 0 bridgehead atoms. The van der Waals surface area contributed by atoms with Crippen LogP contribution < -0.4 is 0 Å². The molecule has 0 spiro atoms. The fourth-order valence-corrected chi connectivity index (χ4v) is 10.8. The molecule has 0 unspecified atom stereocenters. The Hall–Kier alpha value is -0.790. The number of carbonyl (C=O) groups excluding carboxylic acids is 1. The molecule has 0 saturated heterocycles. The fraction of sp³-hybridized carbons (Fsp3) is 0.917. The van der Waals surface area contributed by atoms with Crippen LogP contribution in [0.25, 0.3) is 0 Å². The van der Waals surface area contributed by atoms with Crippen molar-refractivity contribution in [2.75, 3.05) is 0 Å². The van der Waals surface area contributed by atoms with Gasteiger partial charge in [0.05, 0.1) is 0 Å². The zero-order valence-electron chi connectivity index (χ0n) is 25.7. The first kappa shape index (κ1) is 28.7. The minimum atomic E-state index is 0.0754. The van der Waals surface area contributed by atoms with Gasteiger partial charge in [-0.2, -0.15) is 0 Å². The topological polar surface area (TPSA) is 26.3 Å². The van der Waals surface area contributed by atoms with Gasteiger partial charge in [0, 0.05) is 12.8 Å². The van der Waals surface area contributed by atoms with Gasteiger partial charge in [0.1, 0.15) is 6.10 Å². The SMILES string of the molecule is CC(C)CCC[C@@H](C)[C@@H]1CC[C@H]2[C@H]3CC=C4C[C@@H](OC(=O)CCC5CCCCC5)CC[C@]4(C)[C@@H]3CC[C@@]21C. The van der Waals surface area contributed by atoms with E-state index in [1.54, 1.807) is 5.57 Å². The summed E-state index contributed by atoms with van der Waals surface area (Å²) in [5.41, 5.74) is 2.55. The van der Waals surface area contributed by atoms with Gasteiger partial charge >= 0.3 is 5.97 Å². The maximum Gasteiger partial charge on any atom is 0.306 e. The lowest BCUT2D eigenvalue weighted by atomic mass is 9.47. The minimum absolute atomic E-state index is 0.0754. The fourth-order valence-electron chi connectivity index (χ4n) is 10.8. The highest BCUT2D eigenvalue weighted by atomic mass is 16.5. The molecule has 0 aromatic heterocycles. The van der Waals surface area contributed by atoms with Gasteiger partial charge in [-0.3, -0.25) is 4.79 Å². The van der Waals surface area contributed by atoms with Crippen molar-refractivity contribution in [1.82, 2.24) is 0 Å². The van der Waals surface area contributed by atoms with E-state index in [1.165, 1.54) is 89.9 Å². The van der Waals surface area contributed by atoms with Crippen LogP contribution in [0.2, 0.25) is 0 Å². The Bertz CT molecular complexity index is 836. The molecule has 5 rings (SSSR count). The molecule has 38 heavy (non-hydrogen) atoms. The number of ether oxygens (including phenoxy) is 1. The molecule has 216 valence electrons. The molecule has 5 aliphatic rings. The van der Waals surface area contributed by atoms with Crippen LogP contribution in [0.15, 0.2) is 11.6 Å². The number of fused-ring (bicyclic) bond motifs is 5. The number of hydrogen-bond acceptors (Lipinski definition) is 2. The van der Waals surface area contributed by atoms with Crippen LogP contribution in [0.1, 0.15) is 150 Å². The molecular formula is C36H60O2. The normalized spacial score (nSPS) is 40.2. The van der Waals surface area contributed by atoms with Crippen molar-refractivity contribution in [3.63, 3.8) is 0 Å². The largest absolute Gasteiger partial charge is 0.462 e. The summed E-state index contributed by atoms with van der Waals surface area (Å²) >= 11 is 0. The summed E-state index contributed by atoms with van der Waals surface area (Å²) in [6.45, 7) is 12.6. The summed E-state index contributed by atoms with van der Waals surface area (Å²) in [5.74, 6) is 6.14. The molecule has 2 nitrogen and oxygen atoms in total. The van der Waals surface area contributed by atoms with Crippen LogP contribution in [0.4, 0.5) is 0 Å². The summed E-state index contributed by atoms with van der Waals surface area (Å²) in [4.78, 5) is 12.7. The summed E-state index contributed by atoms with van der Waals surface area (Å²) < 4.78 is 6.11. The first-order valence-corrected chi connectivity index (χ1v) is 17.1. The van der Waals surface area contributed by atoms with Crippen LogP contribution in [0.5, 0.6) is 0 Å². The number of rotatable bonds is 9. The van der Waals surface area contributed by atoms with Crippen molar-refractivity contribution in [3.05, 3.63) is 11.6 Å². The monoisotopic (exact) mass is 524 g/mol. The predicted octanol–water partition coefficient (Wildman–Crippen LogP) is 10.3. The van der Waals surface area contributed by atoms with Crippen LogP contribution in [0, 0.1) is 52.3 Å². The third-order valence-electron chi connectivity index (χ3n) is 13.0. The number of carbonyl (C=O) groups is 1. The molecule has 8 atom stereocenters. The molecule has 0 aliphatic heterocycles. The Morgan fingerprint density at radius 2 is 1.74 bits per heavy atom. The highest BCUT2D eigenvalue weighted by molar-refractivity contribution is 5.69. The van der Waals surface area contributed by atoms with Gasteiger partial charge in [-0.1, -0.05) is 97.6 Å². The predicted molar refractivity (Wildman–Crippen MR) is 159 cm³/mol. The van der Waals surface area contributed by atoms with Gasteiger partial charge in [-0.05, 0) is 104 Å². The van der Waals surface area contributed by atoms with Crippen molar-refractivity contribution in [2.24, 2.45) is 52.3 Å². The number of allylic oxidation sites excluding steroid dienone is 1. The van der Waals surface area contributed by atoms with Gasteiger partial charge in [-0.25, -0.2) is 0 Å². The molecule has 0 heterocycles. The lowest BCUT2D eigenvalue weighted by Gasteiger charge is -2.58. The first-order chi connectivity index (χ1) is 18.2. The third kappa shape index (κ3) is 5.81. The molecule has 0 amide bonds. The Labute approximate surface area is 235 Å². The van der Waals surface area contributed by atoms with Crippen molar-refractivity contribution in [2.45, 2.75) is 156 Å². The minimum Gasteiger partial charge on any atom is -0.462 e. The summed E-state index contributed by atoms with van der Waals surface area (Å²) in [6.07, 6.45) is 25.8. The third-order valence-corrected chi connectivity index (χ3v) is 13.0. The smallest absolute Gasteiger partial charge is 0.306 e. The average Bonchev–Trinajstić information content (AvgIpc) is 3.25. The zero-order valence-corrected chi connectivity index (χ0v) is 25.7. The van der Waals surface area contributed by atoms with E-state index in [2.05, 4.69) is 40.7 Å². The van der Waals surface area contributed by atoms with Crippen molar-refractivity contribution in [3.8, 4) is 0 Å². The quantitative estimate of drug-likeness (QED) is 0.221. The van der Waals surface area contributed by atoms with Crippen molar-refractivity contribution >= 4 is 5.97 Å². The average molecular weight is 525 g/mol. The second kappa shape index (κ2) is 12.0. The molecule has 4 saturated carbocycles.